The van der Waals surface area contributed by atoms with Crippen LogP contribution in [0.3, 0.4) is 0 Å². The summed E-state index contributed by atoms with van der Waals surface area (Å²) in [6.45, 7) is 1.06. The molecule has 106 valence electrons. The Hall–Kier alpha value is -0.970. The minimum atomic E-state index is -3.74. The van der Waals surface area contributed by atoms with Crippen LogP contribution < -0.4 is 4.89 Å². The molecule has 6 nitrogen and oxygen atoms in total. The van der Waals surface area contributed by atoms with Gasteiger partial charge in [-0.3, -0.25) is 14.5 Å². The van der Waals surface area contributed by atoms with E-state index in [1.165, 1.54) is 11.9 Å². The Balaban J connectivity index is 2.03. The highest BCUT2D eigenvalue weighted by Crippen LogP contribution is 2.40. The van der Waals surface area contributed by atoms with Gasteiger partial charge >= 0.3 is 0 Å². The van der Waals surface area contributed by atoms with Crippen molar-refractivity contribution in [2.45, 2.75) is 12.8 Å². The molecule has 7 heteroatoms. The van der Waals surface area contributed by atoms with E-state index in [4.69, 9.17) is 4.52 Å². The van der Waals surface area contributed by atoms with Crippen molar-refractivity contribution in [3.05, 3.63) is 12.2 Å². The average Bonchev–Trinajstić information content (AvgIpc) is 2.54. The predicted octanol–water partition coefficient (Wildman–Crippen LogP) is 0.383. The maximum absolute atomic E-state index is 12.0. The Labute approximate surface area is 112 Å². The lowest BCUT2D eigenvalue weighted by atomic mass is 9.76. The number of imide groups is 1. The van der Waals surface area contributed by atoms with Gasteiger partial charge in [0.1, 0.15) is 7.60 Å². The van der Waals surface area contributed by atoms with E-state index in [0.29, 0.717) is 12.8 Å². The molecule has 19 heavy (non-hydrogen) atoms. The molecule has 2 amide bonds. The van der Waals surface area contributed by atoms with Crippen molar-refractivity contribution in [3.63, 3.8) is 0 Å². The molecule has 1 aliphatic heterocycles. The highest BCUT2D eigenvalue weighted by Gasteiger charge is 2.49. The summed E-state index contributed by atoms with van der Waals surface area (Å²) < 4.78 is 15.7. The third-order valence-corrected chi connectivity index (χ3v) is 4.36. The quantitative estimate of drug-likeness (QED) is 0.424. The number of hydrogen-bond donors (Lipinski definition) is 0. The van der Waals surface area contributed by atoms with Crippen LogP contribution in [0.15, 0.2) is 12.2 Å². The number of likely N-dealkylation sites (tertiary alicyclic amines) is 1. The smallest absolute Gasteiger partial charge is 0.233 e. The fourth-order valence-corrected chi connectivity index (χ4v) is 3.22. The van der Waals surface area contributed by atoms with E-state index in [-0.39, 0.29) is 36.2 Å². The largest absolute Gasteiger partial charge is 0.779 e. The number of fused-ring (bicyclic) bond motifs is 1. The number of allylic oxidation sites excluding steroid dienone is 2. The molecule has 1 fully saturated rings. The van der Waals surface area contributed by atoms with E-state index < -0.39 is 7.60 Å². The fourth-order valence-electron chi connectivity index (χ4n) is 2.79. The average molecular weight is 286 g/mol. The lowest BCUT2D eigenvalue weighted by molar-refractivity contribution is -0.196. The van der Waals surface area contributed by atoms with Crippen molar-refractivity contribution in [1.29, 1.82) is 0 Å². The lowest BCUT2D eigenvalue weighted by Gasteiger charge is -2.27. The van der Waals surface area contributed by atoms with Crippen LogP contribution in [0.2, 0.25) is 0 Å². The van der Waals surface area contributed by atoms with Crippen LogP contribution in [-0.2, 0) is 18.7 Å². The van der Waals surface area contributed by atoms with E-state index in [1.54, 1.807) is 0 Å². The standard InChI is InChI=1S/C12H18NO5P/c1-13-11(14)9-5-3-4-8(10(9)12(13)15)6-7-18-19(2,16)17/h3-4,8-10H,5-7H2,1-2H3,(H,16,17)/p-1. The van der Waals surface area contributed by atoms with Crippen LogP contribution in [0.1, 0.15) is 12.8 Å². The molecule has 0 bridgehead atoms. The third-order valence-electron chi connectivity index (χ3n) is 3.71. The summed E-state index contributed by atoms with van der Waals surface area (Å²) in [4.78, 5) is 36.0. The van der Waals surface area contributed by atoms with Gasteiger partial charge < -0.3 is 14.0 Å². The highest BCUT2D eigenvalue weighted by atomic mass is 31.2. The Morgan fingerprint density at radius 3 is 2.79 bits per heavy atom. The van der Waals surface area contributed by atoms with Crippen LogP contribution in [-0.4, -0.2) is 37.0 Å². The molecule has 0 aromatic heterocycles. The molecule has 0 aromatic rings. The summed E-state index contributed by atoms with van der Waals surface area (Å²) in [7, 11) is -2.24. The van der Waals surface area contributed by atoms with Gasteiger partial charge in [-0.25, -0.2) is 0 Å². The Morgan fingerprint density at radius 1 is 1.47 bits per heavy atom. The topological polar surface area (TPSA) is 86.7 Å². The second-order valence-electron chi connectivity index (χ2n) is 5.09. The minimum absolute atomic E-state index is 0.0424. The molecule has 0 aromatic carbocycles. The summed E-state index contributed by atoms with van der Waals surface area (Å²) in [5, 5.41) is 0. The van der Waals surface area contributed by atoms with Crippen LogP contribution >= 0.6 is 7.60 Å². The van der Waals surface area contributed by atoms with Crippen molar-refractivity contribution < 1.29 is 23.6 Å². The Bertz CT molecular complexity index is 469. The Kier molecular flexibility index (Phi) is 3.95. The molecular formula is C12H17NO5P-. The molecule has 0 N–H and O–H groups in total. The Morgan fingerprint density at radius 2 is 2.16 bits per heavy atom. The number of nitrogens with zero attached hydrogens (tertiary/aromatic N) is 1. The first kappa shape index (κ1) is 14.4. The normalized spacial score (nSPS) is 33.4. The van der Waals surface area contributed by atoms with Crippen LogP contribution in [0.5, 0.6) is 0 Å². The second kappa shape index (κ2) is 5.19. The molecule has 0 radical (unpaired) electrons. The number of hydrogen-bond acceptors (Lipinski definition) is 5. The summed E-state index contributed by atoms with van der Waals surface area (Å²) in [6, 6.07) is 0. The van der Waals surface area contributed by atoms with Crippen LogP contribution in [0.25, 0.3) is 0 Å². The number of rotatable bonds is 4. The van der Waals surface area contributed by atoms with Gasteiger partial charge in [-0.15, -0.1) is 0 Å². The molecule has 2 aliphatic rings. The van der Waals surface area contributed by atoms with E-state index in [9.17, 15) is 19.0 Å². The number of carbonyl (C=O) groups is 2. The molecule has 4 unspecified atom stereocenters. The maximum Gasteiger partial charge on any atom is 0.233 e. The van der Waals surface area contributed by atoms with Crippen molar-refractivity contribution in [1.82, 2.24) is 4.90 Å². The number of amides is 2. The predicted molar refractivity (Wildman–Crippen MR) is 66.1 cm³/mol. The molecule has 0 spiro atoms. The zero-order valence-corrected chi connectivity index (χ0v) is 11.8. The molecule has 1 aliphatic carbocycles. The van der Waals surface area contributed by atoms with Gasteiger partial charge in [-0.1, -0.05) is 12.2 Å². The van der Waals surface area contributed by atoms with Gasteiger partial charge in [0.05, 0.1) is 18.4 Å². The summed E-state index contributed by atoms with van der Waals surface area (Å²) in [5.74, 6) is -1.12. The number of carbonyl (C=O) groups excluding carboxylic acids is 2. The van der Waals surface area contributed by atoms with Crippen molar-refractivity contribution >= 4 is 19.4 Å². The van der Waals surface area contributed by atoms with E-state index in [0.717, 1.165) is 6.66 Å². The van der Waals surface area contributed by atoms with Gasteiger partial charge in [0.2, 0.25) is 11.8 Å². The van der Waals surface area contributed by atoms with Crippen molar-refractivity contribution in [2.75, 3.05) is 20.3 Å². The third kappa shape index (κ3) is 2.96. The molecule has 0 saturated carbocycles. The zero-order valence-electron chi connectivity index (χ0n) is 10.9. The molecule has 2 rings (SSSR count). The monoisotopic (exact) mass is 286 g/mol. The highest BCUT2D eigenvalue weighted by molar-refractivity contribution is 7.50. The van der Waals surface area contributed by atoms with Gasteiger partial charge in [0.15, 0.2) is 0 Å². The van der Waals surface area contributed by atoms with E-state index in [2.05, 4.69) is 0 Å². The molecular weight excluding hydrogens is 269 g/mol. The molecule has 4 atom stereocenters. The van der Waals surface area contributed by atoms with Crippen LogP contribution in [0, 0.1) is 17.8 Å². The SMILES string of the molecule is CN1C(=O)C2CC=CC(CCOP(C)(=O)[O-])C2C1=O. The first-order chi connectivity index (χ1) is 8.81. The summed E-state index contributed by atoms with van der Waals surface area (Å²) >= 11 is 0. The van der Waals surface area contributed by atoms with Gasteiger partial charge in [-0.05, 0) is 18.8 Å². The van der Waals surface area contributed by atoms with E-state index in [1.807, 2.05) is 12.2 Å². The zero-order chi connectivity index (χ0) is 14.2. The van der Waals surface area contributed by atoms with Crippen LogP contribution in [0.4, 0.5) is 0 Å². The second-order valence-corrected chi connectivity index (χ2v) is 6.89. The summed E-state index contributed by atoms with van der Waals surface area (Å²) in [6.07, 6.45) is 4.77. The van der Waals surface area contributed by atoms with Crippen molar-refractivity contribution in [2.24, 2.45) is 17.8 Å². The lowest BCUT2D eigenvalue weighted by Crippen LogP contribution is -2.29. The minimum Gasteiger partial charge on any atom is -0.779 e. The molecule has 1 saturated heterocycles. The molecule has 1 heterocycles. The maximum atomic E-state index is 12.0. The van der Waals surface area contributed by atoms with Gasteiger partial charge in [0.25, 0.3) is 0 Å². The first-order valence-corrected chi connectivity index (χ1v) is 8.21. The fraction of sp³-hybridized carbons (Fsp3) is 0.667. The van der Waals surface area contributed by atoms with Crippen molar-refractivity contribution in [3.8, 4) is 0 Å². The first-order valence-electron chi connectivity index (χ1n) is 6.22. The summed E-state index contributed by atoms with van der Waals surface area (Å²) in [5.41, 5.74) is 0. The van der Waals surface area contributed by atoms with Gasteiger partial charge in [0, 0.05) is 13.7 Å². The van der Waals surface area contributed by atoms with E-state index >= 15 is 0 Å². The van der Waals surface area contributed by atoms with Gasteiger partial charge in [-0.2, -0.15) is 0 Å².